The van der Waals surface area contributed by atoms with Crippen LogP contribution in [0.5, 0.6) is 0 Å². The molecule has 4 fully saturated rings. The van der Waals surface area contributed by atoms with Gasteiger partial charge >= 0.3 is 12.1 Å². The van der Waals surface area contributed by atoms with Gasteiger partial charge < -0.3 is 54.7 Å². The van der Waals surface area contributed by atoms with E-state index < -0.39 is 55.8 Å². The van der Waals surface area contributed by atoms with Gasteiger partial charge in [-0.05, 0) is 107 Å². The summed E-state index contributed by atoms with van der Waals surface area (Å²) >= 11 is 0. The number of aliphatic carboxylic acids is 1. The van der Waals surface area contributed by atoms with Gasteiger partial charge in [0, 0.05) is 144 Å². The van der Waals surface area contributed by atoms with Crippen molar-refractivity contribution in [3.63, 3.8) is 0 Å². The summed E-state index contributed by atoms with van der Waals surface area (Å²) in [7, 11) is 0. The minimum absolute atomic E-state index is 0. The van der Waals surface area contributed by atoms with Crippen molar-refractivity contribution in [2.45, 2.75) is 175 Å². The highest BCUT2D eigenvalue weighted by Gasteiger charge is 2.42. The fourth-order valence-electron chi connectivity index (χ4n) is 16.3. The first-order valence-corrected chi connectivity index (χ1v) is 43.0. The van der Waals surface area contributed by atoms with Gasteiger partial charge in [0.05, 0.1) is 91.8 Å². The van der Waals surface area contributed by atoms with Crippen LogP contribution in [0.3, 0.4) is 0 Å². The van der Waals surface area contributed by atoms with Gasteiger partial charge in [-0.2, -0.15) is 9.98 Å². The molecule has 4 aliphatic heterocycles. The topological polar surface area (TPSA) is 382 Å². The highest BCUT2D eigenvalue weighted by atomic mass is 16.5. The molecule has 5 aromatic carbocycles. The smallest absolute Gasteiger partial charge is 0.407 e. The van der Waals surface area contributed by atoms with E-state index in [0.717, 1.165) is 89.5 Å². The number of alkyl carbamates (subject to hydrolysis) is 1. The number of aromatic amines is 4. The van der Waals surface area contributed by atoms with Crippen LogP contribution in [0.4, 0.5) is 27.5 Å². The molecular formula is C101H117N19O10. The number of fused-ring (bicyclic) bond motifs is 4. The Labute approximate surface area is 757 Å². The Kier molecular flexibility index (Phi) is 27.6. The molecule has 17 rings (SSSR count). The Hall–Kier alpha value is -14.0. The van der Waals surface area contributed by atoms with Crippen molar-refractivity contribution >= 4 is 115 Å². The SMILES string of the molecule is C.C.CC(C)(C)C(=O)c1c[nH]c2ncc(-c3cccc(N4CCC(C)(C(=O)O)C4)c3)nc12.CC1(N=C=O)CCN(c2cccc(-c3cnc4[nH]cc(C(=O)C(C)(C)C)c4n3)c2)C1.CC1(N=C=O)CCN(c2cccc(-c3cnc4[nH]cc(C(=O)C(C)(C)C)c4n3)c2)C1.CC1(NC(=O)OCc2ccccc2)CCN(c2cccc(-c3cnc4[nH]cc(C(=O)C(C)(C)C)c4n3)c2)C1. The molecule has 29 heteroatoms. The van der Waals surface area contributed by atoms with Crippen molar-refractivity contribution in [3.05, 3.63) is 205 Å². The van der Waals surface area contributed by atoms with E-state index in [1.165, 1.54) is 0 Å². The lowest BCUT2D eigenvalue weighted by molar-refractivity contribution is -0.146. The third-order valence-corrected chi connectivity index (χ3v) is 23.9. The zero-order chi connectivity index (χ0) is 91.6. The number of hydrogen-bond acceptors (Lipinski definition) is 23. The molecule has 130 heavy (non-hydrogen) atoms. The molecular weight excluding hydrogens is 1640 g/mol. The molecule has 0 spiro atoms. The Balaban J connectivity index is 0.000000157. The van der Waals surface area contributed by atoms with E-state index in [1.807, 2.05) is 207 Å². The number of hydrogen-bond donors (Lipinski definition) is 6. The highest BCUT2D eigenvalue weighted by Crippen LogP contribution is 2.40. The number of ether oxygens (including phenoxy) is 1. The zero-order valence-electron chi connectivity index (χ0n) is 75.3. The van der Waals surface area contributed by atoms with Crippen LogP contribution < -0.4 is 24.9 Å². The fourth-order valence-corrected chi connectivity index (χ4v) is 16.3. The number of H-pyrrole nitrogens is 4. The molecule has 4 unspecified atom stereocenters. The molecule has 1 amide bonds. The second-order valence-electron chi connectivity index (χ2n) is 38.8. The molecule has 13 aromatic rings. The lowest BCUT2D eigenvalue weighted by atomic mass is 9.87. The number of nitrogens with one attached hydrogen (secondary N) is 5. The van der Waals surface area contributed by atoms with Crippen LogP contribution in [0.2, 0.25) is 0 Å². The summed E-state index contributed by atoms with van der Waals surface area (Å²) in [6.45, 7) is 36.3. The number of Topliss-reactive ketones (excluding diaryl/α,β-unsaturated/α-hetero) is 4. The minimum atomic E-state index is -0.763. The van der Waals surface area contributed by atoms with E-state index in [2.05, 4.69) is 99.0 Å². The summed E-state index contributed by atoms with van der Waals surface area (Å²) in [5.41, 5.74) is 14.4. The Morgan fingerprint density at radius 2 is 0.715 bits per heavy atom. The largest absolute Gasteiger partial charge is 0.481 e. The number of anilines is 4. The predicted molar refractivity (Wildman–Crippen MR) is 510 cm³/mol. The van der Waals surface area contributed by atoms with Gasteiger partial charge in [-0.3, -0.25) is 24.0 Å². The van der Waals surface area contributed by atoms with E-state index >= 15 is 0 Å². The number of carboxylic acids is 1. The summed E-state index contributed by atoms with van der Waals surface area (Å²) in [5.74, 6) is -0.669. The lowest BCUT2D eigenvalue weighted by Crippen LogP contribution is -2.48. The van der Waals surface area contributed by atoms with Gasteiger partial charge in [0.1, 0.15) is 28.7 Å². The van der Waals surface area contributed by atoms with Crippen molar-refractivity contribution in [3.8, 4) is 45.0 Å². The summed E-state index contributed by atoms with van der Waals surface area (Å²) in [6.07, 6.45) is 19.6. The molecule has 8 aromatic heterocycles. The van der Waals surface area contributed by atoms with E-state index in [9.17, 15) is 43.5 Å². The van der Waals surface area contributed by atoms with Gasteiger partial charge in [-0.1, -0.05) is 177 Å². The molecule has 29 nitrogen and oxygen atoms in total. The number of carbonyl (C=O) groups is 6. The number of amides is 1. The first-order chi connectivity index (χ1) is 60.6. The van der Waals surface area contributed by atoms with Crippen molar-refractivity contribution in [2.24, 2.45) is 37.1 Å². The van der Waals surface area contributed by atoms with Crippen molar-refractivity contribution in [1.29, 1.82) is 0 Å². The molecule has 4 atom stereocenters. The standard InChI is InChI=1S/C30H33N5O3.2C23H25N5O2.C23H26N4O3.2CH4/c1-29(2,3)26(36)23-16-31-27-25(23)33-24(17-32-27)21-11-8-12-22(15-21)35-14-13-30(4,19-35)34-28(37)38-18-20-9-6-5-7-10-20;2*1-22(2,3)20(30)17-11-24-21-19(17)27-18(12-25-21)15-6-5-7-16(10-15)28-9-8-23(4,13-28)26-14-29;1-22(2,3)19(28)16-11-24-20-18(16)26-17(12-25-20)14-6-5-7-15(10-14)27-9-8-23(4,13-27)21(29)30;;/h5-12,15-17H,13-14,18-19H2,1-4H3,(H,31,32)(H,34,37);2*5-7,10-12H,8-9,13H2,1-4H3,(H,24,25);5-7,10-12H,8-9,13H2,1-4H3,(H,24,25)(H,29,30);2*1H4. The molecule has 676 valence electrons. The number of carbonyl (C=O) groups excluding carboxylic acids is 7. The molecule has 0 aliphatic carbocycles. The quantitative estimate of drug-likeness (QED) is 0.0264. The van der Waals surface area contributed by atoms with Gasteiger partial charge in [-0.25, -0.2) is 54.3 Å². The number of carboxylic acid groups (broad SMARTS) is 1. The van der Waals surface area contributed by atoms with E-state index in [0.29, 0.717) is 129 Å². The number of aliphatic imine (C=N–C) groups is 2. The Bertz CT molecular complexity index is 6090. The van der Waals surface area contributed by atoms with Gasteiger partial charge in [0.25, 0.3) is 0 Å². The van der Waals surface area contributed by atoms with E-state index in [4.69, 9.17) is 24.7 Å². The molecule has 12 heterocycles. The van der Waals surface area contributed by atoms with Crippen LogP contribution >= 0.6 is 0 Å². The maximum Gasteiger partial charge on any atom is 0.407 e. The van der Waals surface area contributed by atoms with Crippen LogP contribution in [-0.2, 0) is 25.7 Å². The van der Waals surface area contributed by atoms with Crippen molar-refractivity contribution in [1.82, 2.24) is 65.1 Å². The Morgan fingerprint density at radius 1 is 0.415 bits per heavy atom. The number of ketones is 4. The van der Waals surface area contributed by atoms with Crippen molar-refractivity contribution < 1.29 is 48.2 Å². The molecule has 6 N–H and O–H groups in total. The van der Waals surface area contributed by atoms with Gasteiger partial charge in [0.2, 0.25) is 12.2 Å². The number of nitrogens with zero attached hydrogens (tertiary/aromatic N) is 14. The maximum absolute atomic E-state index is 12.9. The second-order valence-corrected chi connectivity index (χ2v) is 38.8. The zero-order valence-corrected chi connectivity index (χ0v) is 75.3. The number of aromatic nitrogens is 12. The highest BCUT2D eigenvalue weighted by molar-refractivity contribution is 6.11. The molecule has 0 bridgehead atoms. The van der Waals surface area contributed by atoms with Gasteiger partial charge in [0.15, 0.2) is 45.7 Å². The number of benzene rings is 5. The minimum Gasteiger partial charge on any atom is -0.481 e. The number of rotatable bonds is 18. The average Bonchev–Trinajstić information content (AvgIpc) is 1.62. The molecule has 0 radical (unpaired) electrons. The summed E-state index contributed by atoms with van der Waals surface area (Å²) in [4.78, 5) is 163. The monoisotopic (exact) mass is 1760 g/mol. The van der Waals surface area contributed by atoms with Crippen LogP contribution in [0.15, 0.2) is 187 Å². The first-order valence-electron chi connectivity index (χ1n) is 43.0. The first kappa shape index (κ1) is 95.1. The maximum atomic E-state index is 12.9. The van der Waals surface area contributed by atoms with Crippen LogP contribution in [0.25, 0.3) is 89.7 Å². The van der Waals surface area contributed by atoms with Crippen LogP contribution in [-0.4, -0.2) is 181 Å². The van der Waals surface area contributed by atoms with Crippen LogP contribution in [0, 0.1) is 27.1 Å². The molecule has 4 saturated heterocycles. The fraction of sp³-hybridized carbons (Fsp3) is 0.386. The normalized spacial score (nSPS) is 18.4. The van der Waals surface area contributed by atoms with Crippen LogP contribution in [0.1, 0.15) is 198 Å². The van der Waals surface area contributed by atoms with E-state index in [1.54, 1.807) is 68.7 Å². The summed E-state index contributed by atoms with van der Waals surface area (Å²) in [5, 5.41) is 12.6. The lowest BCUT2D eigenvalue weighted by Gasteiger charge is -2.26. The summed E-state index contributed by atoms with van der Waals surface area (Å²) in [6, 6.07) is 41.7. The third kappa shape index (κ3) is 21.2. The molecule has 0 saturated carbocycles. The van der Waals surface area contributed by atoms with E-state index in [-0.39, 0.29) is 44.6 Å². The van der Waals surface area contributed by atoms with Gasteiger partial charge in [-0.15, -0.1) is 0 Å². The summed E-state index contributed by atoms with van der Waals surface area (Å²) < 4.78 is 5.44. The van der Waals surface area contributed by atoms with Crippen molar-refractivity contribution in [2.75, 3.05) is 72.0 Å². The average molecular weight is 1760 g/mol. The predicted octanol–water partition coefficient (Wildman–Crippen LogP) is 19.5. The Morgan fingerprint density at radius 3 is 1.02 bits per heavy atom. The number of isocyanates is 2. The molecule has 4 aliphatic rings. The third-order valence-electron chi connectivity index (χ3n) is 23.9. The second kappa shape index (κ2) is 37.7.